The summed E-state index contributed by atoms with van der Waals surface area (Å²) >= 11 is 0. The fourth-order valence-corrected chi connectivity index (χ4v) is 0.663. The van der Waals surface area contributed by atoms with E-state index in [0.717, 1.165) is 0 Å². The van der Waals surface area contributed by atoms with Crippen LogP contribution in [0, 0.1) is 0 Å². The van der Waals surface area contributed by atoms with E-state index in [0.29, 0.717) is 0 Å². The topological polar surface area (TPSA) is 20.2 Å². The second kappa shape index (κ2) is 1.82. The van der Waals surface area contributed by atoms with Gasteiger partial charge >= 0.3 is 0 Å². The molecule has 1 rings (SSSR count). The zero-order valence-electron chi connectivity index (χ0n) is 4.19. The molecule has 1 aliphatic rings. The van der Waals surface area contributed by atoms with Gasteiger partial charge in [-0.15, -0.1) is 0 Å². The van der Waals surface area contributed by atoms with Crippen LogP contribution in [0.3, 0.4) is 0 Å². The first-order valence-electron chi connectivity index (χ1n) is 2.41. The predicted octanol–water partition coefficient (Wildman–Crippen LogP) is 1.29. The summed E-state index contributed by atoms with van der Waals surface area (Å²) in [4.78, 5) is 0. The summed E-state index contributed by atoms with van der Waals surface area (Å²) in [5.74, 6) is 0. The highest BCUT2D eigenvalue weighted by atomic mass is 19.3. The Hall–Kier alpha value is -0.440. The molecule has 1 N–H and O–H groups in total. The van der Waals surface area contributed by atoms with Crippen molar-refractivity contribution < 1.29 is 13.9 Å². The minimum Gasteiger partial charge on any atom is -0.392 e. The highest BCUT2D eigenvalue weighted by Crippen LogP contribution is 2.30. The first-order chi connectivity index (χ1) is 3.70. The van der Waals surface area contributed by atoms with Gasteiger partial charge in [-0.05, 0) is 0 Å². The third-order valence-corrected chi connectivity index (χ3v) is 1.23. The van der Waals surface area contributed by atoms with Crippen molar-refractivity contribution in [2.75, 3.05) is 0 Å². The Bertz CT molecular complexity index is 118. The molecule has 1 saturated carbocycles. The van der Waals surface area contributed by atoms with Crippen molar-refractivity contribution in [1.82, 2.24) is 0 Å². The maximum absolute atomic E-state index is 11.4. The van der Waals surface area contributed by atoms with Crippen LogP contribution in [0.25, 0.3) is 0 Å². The number of hydrogen-bond donors (Lipinski definition) is 1. The van der Waals surface area contributed by atoms with E-state index in [2.05, 4.69) is 0 Å². The monoisotopic (exact) mass is 120 g/mol. The van der Waals surface area contributed by atoms with Gasteiger partial charge in [0.1, 0.15) is 0 Å². The number of halogens is 2. The van der Waals surface area contributed by atoms with Gasteiger partial charge in [-0.2, -0.15) is 8.78 Å². The average Bonchev–Trinajstić information content (AvgIpc) is 1.57. The van der Waals surface area contributed by atoms with Crippen LogP contribution in [-0.4, -0.2) is 11.2 Å². The largest absolute Gasteiger partial charge is 0.392 e. The van der Waals surface area contributed by atoms with Crippen molar-refractivity contribution in [1.29, 1.82) is 0 Å². The van der Waals surface area contributed by atoms with E-state index < -0.39 is 12.2 Å². The summed E-state index contributed by atoms with van der Waals surface area (Å²) in [6, 6.07) is 0. The predicted molar refractivity (Wildman–Crippen MR) is 24.5 cm³/mol. The second-order valence-corrected chi connectivity index (χ2v) is 1.93. The third-order valence-electron chi connectivity index (χ3n) is 1.23. The molecule has 0 saturated heterocycles. The molecule has 1 aliphatic carbocycles. The molecule has 3 heteroatoms. The lowest BCUT2D eigenvalue weighted by Gasteiger charge is -2.22. The van der Waals surface area contributed by atoms with Crippen LogP contribution >= 0.6 is 0 Å². The smallest absolute Gasteiger partial charge is 0.269 e. The van der Waals surface area contributed by atoms with Crippen LogP contribution in [0.15, 0.2) is 11.7 Å². The van der Waals surface area contributed by atoms with Crippen LogP contribution in [0.5, 0.6) is 0 Å². The Morgan fingerprint density at radius 1 is 1.50 bits per heavy atom. The van der Waals surface area contributed by atoms with Gasteiger partial charge in [0.25, 0.3) is 6.08 Å². The molecule has 0 aliphatic heterocycles. The van der Waals surface area contributed by atoms with Crippen LogP contribution in [0.1, 0.15) is 12.8 Å². The van der Waals surface area contributed by atoms with E-state index in [1.54, 1.807) is 0 Å². The van der Waals surface area contributed by atoms with E-state index in [1.807, 2.05) is 0 Å². The van der Waals surface area contributed by atoms with E-state index in [9.17, 15) is 8.78 Å². The second-order valence-electron chi connectivity index (χ2n) is 1.93. The van der Waals surface area contributed by atoms with Gasteiger partial charge in [-0.3, -0.25) is 0 Å². The number of hydrogen-bond acceptors (Lipinski definition) is 1. The summed E-state index contributed by atoms with van der Waals surface area (Å²) in [6.07, 6.45) is -1.79. The van der Waals surface area contributed by atoms with Crippen molar-refractivity contribution >= 4 is 0 Å². The third kappa shape index (κ3) is 0.865. The molecule has 0 amide bonds. The standard InChI is InChI=1S/C5H6F2O/c6-5(7)3-1-4(8)2-3/h4,8H,1-2H2. The molecular formula is C5H6F2O. The van der Waals surface area contributed by atoms with Gasteiger partial charge < -0.3 is 5.11 Å². The van der Waals surface area contributed by atoms with Gasteiger partial charge in [0.15, 0.2) is 0 Å². The molecular weight excluding hydrogens is 114 g/mol. The molecule has 46 valence electrons. The Balaban J connectivity index is 2.45. The molecule has 0 spiro atoms. The van der Waals surface area contributed by atoms with Gasteiger partial charge in [-0.25, -0.2) is 0 Å². The average molecular weight is 120 g/mol. The molecule has 1 fully saturated rings. The summed E-state index contributed by atoms with van der Waals surface area (Å²) in [7, 11) is 0. The summed E-state index contributed by atoms with van der Waals surface area (Å²) < 4.78 is 22.8. The normalized spacial score (nSPS) is 27.4. The molecule has 0 aromatic carbocycles. The Kier molecular flexibility index (Phi) is 1.29. The summed E-state index contributed by atoms with van der Waals surface area (Å²) in [5, 5.41) is 8.50. The maximum Gasteiger partial charge on any atom is 0.269 e. The van der Waals surface area contributed by atoms with Crippen molar-refractivity contribution in [3.8, 4) is 0 Å². The first kappa shape index (κ1) is 5.69. The number of aliphatic hydroxyl groups is 1. The van der Waals surface area contributed by atoms with E-state index >= 15 is 0 Å². The van der Waals surface area contributed by atoms with Crippen LogP contribution in [0.4, 0.5) is 8.78 Å². The van der Waals surface area contributed by atoms with E-state index in [-0.39, 0.29) is 18.4 Å². The fraction of sp³-hybridized carbons (Fsp3) is 0.600. The maximum atomic E-state index is 11.4. The van der Waals surface area contributed by atoms with Crippen molar-refractivity contribution in [2.45, 2.75) is 18.9 Å². The molecule has 0 heterocycles. The molecule has 0 bridgehead atoms. The van der Waals surface area contributed by atoms with Crippen LogP contribution < -0.4 is 0 Å². The highest BCUT2D eigenvalue weighted by molar-refractivity contribution is 5.13. The Morgan fingerprint density at radius 3 is 2.12 bits per heavy atom. The summed E-state index contributed by atoms with van der Waals surface area (Å²) in [5.41, 5.74) is 0.109. The lowest BCUT2D eigenvalue weighted by atomic mass is 9.90. The van der Waals surface area contributed by atoms with Crippen LogP contribution in [-0.2, 0) is 0 Å². The van der Waals surface area contributed by atoms with Gasteiger partial charge in [0.05, 0.1) is 6.10 Å². The van der Waals surface area contributed by atoms with Crippen LogP contribution in [0.2, 0.25) is 0 Å². The molecule has 0 radical (unpaired) electrons. The lowest BCUT2D eigenvalue weighted by Crippen LogP contribution is -2.20. The zero-order chi connectivity index (χ0) is 6.15. The van der Waals surface area contributed by atoms with Crippen molar-refractivity contribution in [3.63, 3.8) is 0 Å². The van der Waals surface area contributed by atoms with Crippen molar-refractivity contribution in [3.05, 3.63) is 11.7 Å². The first-order valence-corrected chi connectivity index (χ1v) is 2.41. The Morgan fingerprint density at radius 2 is 2.00 bits per heavy atom. The minimum absolute atomic E-state index is 0.109. The van der Waals surface area contributed by atoms with E-state index in [1.165, 1.54) is 0 Å². The molecule has 0 aromatic rings. The number of rotatable bonds is 0. The molecule has 0 unspecified atom stereocenters. The molecule has 1 nitrogen and oxygen atoms in total. The van der Waals surface area contributed by atoms with Crippen molar-refractivity contribution in [2.24, 2.45) is 0 Å². The molecule has 0 aromatic heterocycles. The molecule has 8 heavy (non-hydrogen) atoms. The highest BCUT2D eigenvalue weighted by Gasteiger charge is 2.24. The van der Waals surface area contributed by atoms with Gasteiger partial charge in [-0.1, -0.05) is 0 Å². The minimum atomic E-state index is -1.62. The Labute approximate surface area is 45.6 Å². The van der Waals surface area contributed by atoms with Gasteiger partial charge in [0.2, 0.25) is 0 Å². The van der Waals surface area contributed by atoms with E-state index in [4.69, 9.17) is 5.11 Å². The quantitative estimate of drug-likeness (QED) is 0.510. The van der Waals surface area contributed by atoms with Gasteiger partial charge in [0, 0.05) is 18.4 Å². The summed E-state index contributed by atoms with van der Waals surface area (Å²) in [6.45, 7) is 0. The fourth-order valence-electron chi connectivity index (χ4n) is 0.663. The molecule has 0 atom stereocenters. The SMILES string of the molecule is OC1CC(=C(F)F)C1. The zero-order valence-corrected chi connectivity index (χ0v) is 4.19. The number of aliphatic hydroxyl groups excluding tert-OH is 1. The lowest BCUT2D eigenvalue weighted by molar-refractivity contribution is 0.128.